The van der Waals surface area contributed by atoms with E-state index < -0.39 is 5.97 Å². The average Bonchev–Trinajstić information content (AvgIpc) is 2.67. The molecule has 0 aliphatic heterocycles. The van der Waals surface area contributed by atoms with Crippen molar-refractivity contribution < 1.29 is 9.90 Å². The summed E-state index contributed by atoms with van der Waals surface area (Å²) in [5, 5.41) is 9.05. The SMILES string of the molecule is O=C(O)C1=CC2C(=C1)CC=Cc1ccccc12. The molecule has 0 radical (unpaired) electrons. The Balaban J connectivity index is 2.13. The molecule has 2 aliphatic carbocycles. The van der Waals surface area contributed by atoms with E-state index in [1.54, 1.807) is 6.08 Å². The molecule has 1 N–H and O–H groups in total. The normalized spacial score (nSPS) is 21.1. The maximum atomic E-state index is 11.0. The van der Waals surface area contributed by atoms with Gasteiger partial charge < -0.3 is 5.11 Å². The van der Waals surface area contributed by atoms with Crippen molar-refractivity contribution in [1.82, 2.24) is 0 Å². The van der Waals surface area contributed by atoms with Crippen LogP contribution in [0.15, 0.2) is 53.6 Å². The molecule has 0 amide bonds. The summed E-state index contributed by atoms with van der Waals surface area (Å²) in [6, 6.07) is 8.16. The highest BCUT2D eigenvalue weighted by atomic mass is 16.4. The van der Waals surface area contributed by atoms with Gasteiger partial charge in [0.15, 0.2) is 0 Å². The maximum absolute atomic E-state index is 11.0. The Morgan fingerprint density at radius 2 is 2.12 bits per heavy atom. The number of rotatable bonds is 1. The monoisotopic (exact) mass is 224 g/mol. The Morgan fingerprint density at radius 3 is 2.94 bits per heavy atom. The zero-order valence-corrected chi connectivity index (χ0v) is 9.26. The summed E-state index contributed by atoms with van der Waals surface area (Å²) < 4.78 is 0. The summed E-state index contributed by atoms with van der Waals surface area (Å²) in [5.41, 5.74) is 3.96. The minimum absolute atomic E-state index is 0.132. The number of carboxylic acids is 1. The van der Waals surface area contributed by atoms with Crippen LogP contribution < -0.4 is 0 Å². The molecule has 2 aliphatic rings. The minimum atomic E-state index is -0.841. The molecule has 2 nitrogen and oxygen atoms in total. The van der Waals surface area contributed by atoms with E-state index in [-0.39, 0.29) is 5.92 Å². The smallest absolute Gasteiger partial charge is 0.335 e. The van der Waals surface area contributed by atoms with E-state index in [9.17, 15) is 4.79 Å². The Labute approximate surface area is 99.6 Å². The van der Waals surface area contributed by atoms with E-state index in [2.05, 4.69) is 24.3 Å². The molecule has 0 saturated carbocycles. The second-order valence-electron chi connectivity index (χ2n) is 4.36. The van der Waals surface area contributed by atoms with Gasteiger partial charge in [0.1, 0.15) is 0 Å². The Morgan fingerprint density at radius 1 is 1.29 bits per heavy atom. The lowest BCUT2D eigenvalue weighted by molar-refractivity contribution is -0.132. The zero-order chi connectivity index (χ0) is 11.8. The molecular formula is C15H12O2. The Hall–Kier alpha value is -2.09. The number of carboxylic acid groups (broad SMARTS) is 1. The first-order valence-corrected chi connectivity index (χ1v) is 5.67. The van der Waals surface area contributed by atoms with Crippen molar-refractivity contribution >= 4 is 12.0 Å². The van der Waals surface area contributed by atoms with Crippen molar-refractivity contribution in [3.05, 3.63) is 64.8 Å². The predicted molar refractivity (Wildman–Crippen MR) is 66.6 cm³/mol. The van der Waals surface area contributed by atoms with Crippen LogP contribution in [0.3, 0.4) is 0 Å². The summed E-state index contributed by atoms with van der Waals surface area (Å²) in [4.78, 5) is 11.0. The number of allylic oxidation sites excluding steroid dienone is 3. The van der Waals surface area contributed by atoms with E-state index in [4.69, 9.17) is 5.11 Å². The van der Waals surface area contributed by atoms with Crippen molar-refractivity contribution in [3.8, 4) is 0 Å². The van der Waals surface area contributed by atoms with Crippen molar-refractivity contribution in [3.63, 3.8) is 0 Å². The molecule has 1 atom stereocenters. The number of benzene rings is 1. The summed E-state index contributed by atoms with van der Waals surface area (Å²) in [6.45, 7) is 0. The van der Waals surface area contributed by atoms with Crippen LogP contribution in [-0.4, -0.2) is 11.1 Å². The number of aliphatic carboxylic acids is 1. The zero-order valence-electron chi connectivity index (χ0n) is 9.26. The van der Waals surface area contributed by atoms with Crippen LogP contribution in [0, 0.1) is 0 Å². The van der Waals surface area contributed by atoms with E-state index in [0.29, 0.717) is 5.57 Å². The minimum Gasteiger partial charge on any atom is -0.478 e. The van der Waals surface area contributed by atoms with Gasteiger partial charge in [0.25, 0.3) is 0 Å². The first kappa shape index (κ1) is 10.1. The lowest BCUT2D eigenvalue weighted by atomic mass is 9.91. The van der Waals surface area contributed by atoms with Crippen LogP contribution in [0.5, 0.6) is 0 Å². The van der Waals surface area contributed by atoms with Crippen LogP contribution in [0.2, 0.25) is 0 Å². The molecule has 1 aromatic carbocycles. The molecule has 17 heavy (non-hydrogen) atoms. The number of carbonyl (C=O) groups is 1. The van der Waals surface area contributed by atoms with Crippen molar-refractivity contribution in [2.75, 3.05) is 0 Å². The fraction of sp³-hybridized carbons (Fsp3) is 0.133. The van der Waals surface area contributed by atoms with Gasteiger partial charge in [0.05, 0.1) is 5.57 Å². The molecular weight excluding hydrogens is 212 g/mol. The van der Waals surface area contributed by atoms with E-state index in [1.165, 1.54) is 16.7 Å². The van der Waals surface area contributed by atoms with Gasteiger partial charge in [-0.3, -0.25) is 0 Å². The van der Waals surface area contributed by atoms with Crippen LogP contribution in [0.1, 0.15) is 23.5 Å². The van der Waals surface area contributed by atoms with Gasteiger partial charge in [0.2, 0.25) is 0 Å². The van der Waals surface area contributed by atoms with Gasteiger partial charge in [-0.2, -0.15) is 0 Å². The quantitative estimate of drug-likeness (QED) is 0.795. The Bertz CT molecular complexity index is 576. The molecule has 0 heterocycles. The lowest BCUT2D eigenvalue weighted by Gasteiger charge is -2.12. The second-order valence-corrected chi connectivity index (χ2v) is 4.36. The summed E-state index contributed by atoms with van der Waals surface area (Å²) >= 11 is 0. The van der Waals surface area contributed by atoms with Crippen molar-refractivity contribution in [2.24, 2.45) is 0 Å². The molecule has 1 aromatic rings. The molecule has 0 bridgehead atoms. The highest BCUT2D eigenvalue weighted by Gasteiger charge is 2.25. The molecule has 1 unspecified atom stereocenters. The van der Waals surface area contributed by atoms with Gasteiger partial charge in [-0.25, -0.2) is 4.79 Å². The third kappa shape index (κ3) is 1.62. The van der Waals surface area contributed by atoms with Crippen LogP contribution in [0.4, 0.5) is 0 Å². The first-order chi connectivity index (χ1) is 8.25. The van der Waals surface area contributed by atoms with Crippen molar-refractivity contribution in [2.45, 2.75) is 12.3 Å². The van der Waals surface area contributed by atoms with Crippen LogP contribution in [-0.2, 0) is 4.79 Å². The summed E-state index contributed by atoms with van der Waals surface area (Å²) in [5.74, 6) is -0.709. The third-order valence-electron chi connectivity index (χ3n) is 3.32. The van der Waals surface area contributed by atoms with Gasteiger partial charge >= 0.3 is 5.97 Å². The number of fused-ring (bicyclic) bond motifs is 3. The van der Waals surface area contributed by atoms with E-state index in [1.807, 2.05) is 18.2 Å². The molecule has 84 valence electrons. The van der Waals surface area contributed by atoms with Gasteiger partial charge in [-0.05, 0) is 23.6 Å². The summed E-state index contributed by atoms with van der Waals surface area (Å²) in [7, 11) is 0. The van der Waals surface area contributed by atoms with Crippen LogP contribution >= 0.6 is 0 Å². The van der Waals surface area contributed by atoms with Crippen molar-refractivity contribution in [1.29, 1.82) is 0 Å². The Kier molecular flexibility index (Phi) is 2.22. The maximum Gasteiger partial charge on any atom is 0.335 e. The highest BCUT2D eigenvalue weighted by molar-refractivity contribution is 5.92. The topological polar surface area (TPSA) is 37.3 Å². The van der Waals surface area contributed by atoms with E-state index in [0.717, 1.165) is 6.42 Å². The third-order valence-corrected chi connectivity index (χ3v) is 3.32. The highest BCUT2D eigenvalue weighted by Crippen LogP contribution is 2.39. The molecule has 0 saturated heterocycles. The molecule has 2 heteroatoms. The molecule has 0 fully saturated rings. The lowest BCUT2D eigenvalue weighted by Crippen LogP contribution is -1.97. The van der Waals surface area contributed by atoms with Gasteiger partial charge in [0, 0.05) is 5.92 Å². The average molecular weight is 224 g/mol. The second kappa shape index (κ2) is 3.74. The predicted octanol–water partition coefficient (Wildman–Crippen LogP) is 3.14. The van der Waals surface area contributed by atoms with Gasteiger partial charge in [-0.15, -0.1) is 0 Å². The largest absolute Gasteiger partial charge is 0.478 e. The van der Waals surface area contributed by atoms with E-state index >= 15 is 0 Å². The first-order valence-electron chi connectivity index (χ1n) is 5.67. The molecule has 0 aromatic heterocycles. The fourth-order valence-corrected chi connectivity index (χ4v) is 2.50. The summed E-state index contributed by atoms with van der Waals surface area (Å²) in [6.07, 6.45) is 8.70. The fourth-order valence-electron chi connectivity index (χ4n) is 2.50. The molecule has 3 rings (SSSR count). The van der Waals surface area contributed by atoms with Crippen LogP contribution in [0.25, 0.3) is 6.08 Å². The number of hydrogen-bond donors (Lipinski definition) is 1. The van der Waals surface area contributed by atoms with Gasteiger partial charge in [-0.1, -0.05) is 48.1 Å². The molecule has 0 spiro atoms. The standard InChI is InChI=1S/C15H12O2/c16-15(17)12-8-11-6-3-5-10-4-1-2-7-13(10)14(11)9-12/h1-5,7-9,14H,6H2,(H,16,17). The number of hydrogen-bond acceptors (Lipinski definition) is 1.